The highest BCUT2D eigenvalue weighted by Gasteiger charge is 2.25. The molecule has 1 saturated heterocycles. The summed E-state index contributed by atoms with van der Waals surface area (Å²) in [5, 5.41) is 0. The SMILES string of the molecule is COc1ccc(S(=O)(=O)N[C@H](C)CCc2ccccc2)cc1C(=O)N1CCCCC1. The van der Waals surface area contributed by atoms with Crippen molar-refractivity contribution in [2.45, 2.75) is 50.0 Å². The molecule has 0 bridgehead atoms. The Hall–Kier alpha value is -2.38. The number of carbonyl (C=O) groups is 1. The number of nitrogens with zero attached hydrogens (tertiary/aromatic N) is 1. The summed E-state index contributed by atoms with van der Waals surface area (Å²) < 4.78 is 33.9. The zero-order valence-corrected chi connectivity index (χ0v) is 18.5. The lowest BCUT2D eigenvalue weighted by Crippen LogP contribution is -2.36. The van der Waals surface area contributed by atoms with Crippen molar-refractivity contribution >= 4 is 15.9 Å². The first-order valence-corrected chi connectivity index (χ1v) is 11.9. The lowest BCUT2D eigenvalue weighted by atomic mass is 10.1. The van der Waals surface area contributed by atoms with E-state index < -0.39 is 10.0 Å². The van der Waals surface area contributed by atoms with E-state index >= 15 is 0 Å². The molecule has 1 aliphatic heterocycles. The van der Waals surface area contributed by atoms with E-state index in [2.05, 4.69) is 4.72 Å². The van der Waals surface area contributed by atoms with Crippen molar-refractivity contribution in [1.29, 1.82) is 0 Å². The number of carbonyl (C=O) groups excluding carboxylic acids is 1. The van der Waals surface area contributed by atoms with Gasteiger partial charge in [-0.1, -0.05) is 30.3 Å². The number of nitrogens with one attached hydrogen (secondary N) is 1. The number of amides is 1. The van der Waals surface area contributed by atoms with E-state index in [0.29, 0.717) is 30.8 Å². The molecule has 162 valence electrons. The predicted molar refractivity (Wildman–Crippen MR) is 117 cm³/mol. The maximum atomic E-state index is 13.0. The number of hydrogen-bond acceptors (Lipinski definition) is 4. The molecule has 1 aliphatic rings. The first-order valence-electron chi connectivity index (χ1n) is 10.4. The molecule has 1 fully saturated rings. The van der Waals surface area contributed by atoms with E-state index in [1.54, 1.807) is 11.0 Å². The van der Waals surface area contributed by atoms with Gasteiger partial charge in [0.2, 0.25) is 10.0 Å². The van der Waals surface area contributed by atoms with Crippen LogP contribution in [0.5, 0.6) is 5.75 Å². The van der Waals surface area contributed by atoms with Crippen LogP contribution in [0, 0.1) is 0 Å². The standard InChI is InChI=1S/C23H30N2O4S/c1-18(11-12-19-9-5-3-6-10-19)24-30(27,28)20-13-14-22(29-2)21(17-20)23(26)25-15-7-4-8-16-25/h3,5-6,9-10,13-14,17-18,24H,4,7-8,11-12,15-16H2,1-2H3/t18-/m1/s1. The molecular formula is C23H30N2O4S. The Bertz CT molecular complexity index is 954. The minimum atomic E-state index is -3.75. The molecule has 0 aliphatic carbocycles. The summed E-state index contributed by atoms with van der Waals surface area (Å²) in [5.41, 5.74) is 1.46. The lowest BCUT2D eigenvalue weighted by Gasteiger charge is -2.27. The third-order valence-corrected chi connectivity index (χ3v) is 7.01. The number of piperidine rings is 1. The van der Waals surface area contributed by atoms with E-state index in [0.717, 1.165) is 25.7 Å². The maximum absolute atomic E-state index is 13.0. The average Bonchev–Trinajstić information content (AvgIpc) is 2.77. The molecule has 2 aromatic carbocycles. The summed E-state index contributed by atoms with van der Waals surface area (Å²) in [7, 11) is -2.27. The summed E-state index contributed by atoms with van der Waals surface area (Å²) in [6, 6.07) is 14.2. The summed E-state index contributed by atoms with van der Waals surface area (Å²) in [6.45, 7) is 3.23. The number of likely N-dealkylation sites (tertiary alicyclic amines) is 1. The lowest BCUT2D eigenvalue weighted by molar-refractivity contribution is 0.0720. The number of ether oxygens (including phenoxy) is 1. The van der Waals surface area contributed by atoms with Gasteiger partial charge in [0.1, 0.15) is 5.75 Å². The van der Waals surface area contributed by atoms with Crippen molar-refractivity contribution in [3.63, 3.8) is 0 Å². The summed E-state index contributed by atoms with van der Waals surface area (Å²) in [6.07, 6.45) is 4.50. The van der Waals surface area contributed by atoms with Crippen LogP contribution in [0.1, 0.15) is 48.5 Å². The summed E-state index contributed by atoms with van der Waals surface area (Å²) in [5.74, 6) is 0.211. The highest BCUT2D eigenvalue weighted by atomic mass is 32.2. The molecule has 0 unspecified atom stereocenters. The van der Waals surface area contributed by atoms with E-state index in [-0.39, 0.29) is 16.8 Å². The Morgan fingerprint density at radius 2 is 1.80 bits per heavy atom. The second-order valence-corrected chi connectivity index (χ2v) is 9.48. The van der Waals surface area contributed by atoms with Crippen LogP contribution in [0.3, 0.4) is 0 Å². The van der Waals surface area contributed by atoms with Crippen molar-refractivity contribution in [3.8, 4) is 5.75 Å². The van der Waals surface area contributed by atoms with Crippen LogP contribution in [0.15, 0.2) is 53.4 Å². The van der Waals surface area contributed by atoms with Crippen LogP contribution in [-0.2, 0) is 16.4 Å². The summed E-state index contributed by atoms with van der Waals surface area (Å²) >= 11 is 0. The molecule has 0 radical (unpaired) electrons. The molecule has 0 spiro atoms. The zero-order valence-electron chi connectivity index (χ0n) is 17.6. The Labute approximate surface area is 179 Å². The molecule has 2 aromatic rings. The van der Waals surface area contributed by atoms with Gasteiger partial charge in [0, 0.05) is 19.1 Å². The number of hydrogen-bond donors (Lipinski definition) is 1. The van der Waals surface area contributed by atoms with Crippen molar-refractivity contribution in [2.75, 3.05) is 20.2 Å². The highest BCUT2D eigenvalue weighted by molar-refractivity contribution is 7.89. The van der Waals surface area contributed by atoms with Gasteiger partial charge in [-0.3, -0.25) is 4.79 Å². The van der Waals surface area contributed by atoms with Gasteiger partial charge in [-0.25, -0.2) is 13.1 Å². The zero-order chi connectivity index (χ0) is 21.6. The molecule has 1 atom stereocenters. The van der Waals surface area contributed by atoms with Crippen LogP contribution >= 0.6 is 0 Å². The minimum Gasteiger partial charge on any atom is -0.496 e. The molecule has 1 heterocycles. The second kappa shape index (κ2) is 10.1. The van der Waals surface area contributed by atoms with E-state index in [1.807, 2.05) is 37.3 Å². The number of aryl methyl sites for hydroxylation is 1. The predicted octanol–water partition coefficient (Wildman–Crippen LogP) is 3.62. The molecular weight excluding hydrogens is 400 g/mol. The van der Waals surface area contributed by atoms with E-state index in [1.165, 1.54) is 24.8 Å². The molecule has 1 amide bonds. The number of methoxy groups -OCH3 is 1. The molecule has 3 rings (SSSR count). The van der Waals surface area contributed by atoms with Gasteiger partial charge in [0.05, 0.1) is 17.6 Å². The third-order valence-electron chi connectivity index (χ3n) is 5.42. The van der Waals surface area contributed by atoms with E-state index in [4.69, 9.17) is 4.74 Å². The highest BCUT2D eigenvalue weighted by Crippen LogP contribution is 2.25. The molecule has 7 heteroatoms. The quantitative estimate of drug-likeness (QED) is 0.694. The Balaban J connectivity index is 1.73. The number of rotatable bonds is 8. The maximum Gasteiger partial charge on any atom is 0.257 e. The van der Waals surface area contributed by atoms with E-state index in [9.17, 15) is 13.2 Å². The topological polar surface area (TPSA) is 75.7 Å². The Kier molecular flexibility index (Phi) is 7.50. The van der Waals surface area contributed by atoms with Gasteiger partial charge in [-0.05, 0) is 62.8 Å². The van der Waals surface area contributed by atoms with Crippen molar-refractivity contribution in [1.82, 2.24) is 9.62 Å². The molecule has 30 heavy (non-hydrogen) atoms. The fraction of sp³-hybridized carbons (Fsp3) is 0.435. The van der Waals surface area contributed by atoms with Crippen molar-refractivity contribution in [2.24, 2.45) is 0 Å². The number of benzene rings is 2. The second-order valence-electron chi connectivity index (χ2n) is 7.76. The number of sulfonamides is 1. The summed E-state index contributed by atoms with van der Waals surface area (Å²) in [4.78, 5) is 14.8. The monoisotopic (exact) mass is 430 g/mol. The molecule has 1 N–H and O–H groups in total. The Morgan fingerprint density at radius 1 is 1.10 bits per heavy atom. The fourth-order valence-electron chi connectivity index (χ4n) is 3.71. The van der Waals surface area contributed by atoms with Gasteiger partial charge < -0.3 is 9.64 Å². The van der Waals surface area contributed by atoms with Crippen LogP contribution in [0.25, 0.3) is 0 Å². The van der Waals surface area contributed by atoms with Gasteiger partial charge in [-0.2, -0.15) is 0 Å². The first-order chi connectivity index (χ1) is 14.4. The van der Waals surface area contributed by atoms with Crippen molar-refractivity contribution < 1.29 is 17.9 Å². The first kappa shape index (κ1) is 22.3. The average molecular weight is 431 g/mol. The van der Waals surface area contributed by atoms with Gasteiger partial charge in [-0.15, -0.1) is 0 Å². The van der Waals surface area contributed by atoms with Crippen LogP contribution in [0.4, 0.5) is 0 Å². The normalized spacial score (nSPS) is 15.6. The molecule has 6 nitrogen and oxygen atoms in total. The van der Waals surface area contributed by atoms with Gasteiger partial charge >= 0.3 is 0 Å². The van der Waals surface area contributed by atoms with Crippen LogP contribution in [0.2, 0.25) is 0 Å². The van der Waals surface area contributed by atoms with Gasteiger partial charge in [0.15, 0.2) is 0 Å². The Morgan fingerprint density at radius 3 is 2.47 bits per heavy atom. The van der Waals surface area contributed by atoms with Crippen molar-refractivity contribution in [3.05, 3.63) is 59.7 Å². The van der Waals surface area contributed by atoms with Crippen LogP contribution < -0.4 is 9.46 Å². The smallest absolute Gasteiger partial charge is 0.257 e. The van der Waals surface area contributed by atoms with Gasteiger partial charge in [0.25, 0.3) is 5.91 Å². The third kappa shape index (κ3) is 5.61. The molecule has 0 saturated carbocycles. The van der Waals surface area contributed by atoms with Crippen LogP contribution in [-0.4, -0.2) is 45.5 Å². The molecule has 0 aromatic heterocycles. The minimum absolute atomic E-state index is 0.0789. The fourth-order valence-corrected chi connectivity index (χ4v) is 5.01. The largest absolute Gasteiger partial charge is 0.496 e.